The van der Waals surface area contributed by atoms with Crippen molar-refractivity contribution in [1.29, 1.82) is 0 Å². The average Bonchev–Trinajstić information content (AvgIpc) is 2.78. The molecule has 0 atom stereocenters. The molecular weight excluding hydrogens is 424 g/mol. The SMILES string of the molecule is CCOC(=O)/C(Cl)=N/Nc1ccccc1.CCOC(=O)/C(N)=N/Nc1ccccc1.N. The number of anilines is 2. The number of rotatable bonds is 7. The number of hydrogen-bond acceptors (Lipinski definition) is 9. The minimum absolute atomic E-state index is 0. The van der Waals surface area contributed by atoms with Gasteiger partial charge in [0.05, 0.1) is 24.6 Å². The Labute approximate surface area is 186 Å². The molecule has 0 aliphatic heterocycles. The second-order valence-electron chi connectivity index (χ2n) is 5.30. The summed E-state index contributed by atoms with van der Waals surface area (Å²) in [7, 11) is 0. The Balaban J connectivity index is 0.000000562. The number of esters is 2. The van der Waals surface area contributed by atoms with Gasteiger partial charge in [-0.25, -0.2) is 9.59 Å². The fourth-order valence-corrected chi connectivity index (χ4v) is 1.85. The highest BCUT2D eigenvalue weighted by Gasteiger charge is 2.08. The van der Waals surface area contributed by atoms with Crippen LogP contribution in [0.5, 0.6) is 0 Å². The summed E-state index contributed by atoms with van der Waals surface area (Å²) in [5, 5.41) is 7.13. The van der Waals surface area contributed by atoms with Crippen molar-refractivity contribution in [3.8, 4) is 0 Å². The third-order valence-corrected chi connectivity index (χ3v) is 3.30. The Bertz CT molecular complexity index is 776. The Morgan fingerprint density at radius 3 is 1.71 bits per heavy atom. The lowest BCUT2D eigenvalue weighted by Gasteiger charge is -2.02. The first-order chi connectivity index (χ1) is 14.5. The largest absolute Gasteiger partial charge is 0.461 e. The number of hydrazone groups is 2. The lowest BCUT2D eigenvalue weighted by Crippen LogP contribution is -2.27. The molecule has 0 radical (unpaired) electrons. The van der Waals surface area contributed by atoms with Crippen LogP contribution in [0, 0.1) is 0 Å². The zero-order chi connectivity index (χ0) is 22.2. The molecule has 0 aliphatic rings. The van der Waals surface area contributed by atoms with E-state index in [0.29, 0.717) is 0 Å². The molecule has 31 heavy (non-hydrogen) atoms. The number of hydrogen-bond donors (Lipinski definition) is 4. The summed E-state index contributed by atoms with van der Waals surface area (Å²) < 4.78 is 9.31. The number of ether oxygens (including phenoxy) is 2. The van der Waals surface area contributed by atoms with Crippen LogP contribution >= 0.6 is 11.6 Å². The van der Waals surface area contributed by atoms with E-state index >= 15 is 0 Å². The van der Waals surface area contributed by atoms with Crippen LogP contribution in [0.15, 0.2) is 70.9 Å². The maximum absolute atomic E-state index is 11.0. The van der Waals surface area contributed by atoms with Crippen LogP contribution in [0.1, 0.15) is 13.8 Å². The highest BCUT2D eigenvalue weighted by atomic mass is 35.5. The van der Waals surface area contributed by atoms with Crippen LogP contribution in [0.4, 0.5) is 11.4 Å². The molecular formula is C20H27ClN6O4. The number of para-hydroxylation sites is 2. The average molecular weight is 451 g/mol. The number of halogens is 1. The molecule has 2 rings (SSSR count). The topological polar surface area (TPSA) is 162 Å². The Morgan fingerprint density at radius 2 is 1.26 bits per heavy atom. The van der Waals surface area contributed by atoms with Gasteiger partial charge in [-0.2, -0.15) is 5.10 Å². The van der Waals surface area contributed by atoms with Crippen molar-refractivity contribution in [3.63, 3.8) is 0 Å². The van der Waals surface area contributed by atoms with Gasteiger partial charge in [0.1, 0.15) is 0 Å². The van der Waals surface area contributed by atoms with Crippen LogP contribution in [-0.4, -0.2) is 36.2 Å². The summed E-state index contributed by atoms with van der Waals surface area (Å²) in [4.78, 5) is 22.1. The van der Waals surface area contributed by atoms with Crippen molar-refractivity contribution in [1.82, 2.24) is 6.15 Å². The van der Waals surface area contributed by atoms with Gasteiger partial charge >= 0.3 is 11.9 Å². The van der Waals surface area contributed by atoms with E-state index in [-0.39, 0.29) is 30.4 Å². The van der Waals surface area contributed by atoms with E-state index in [1.54, 1.807) is 26.0 Å². The standard InChI is InChI=1S/C10H11ClN2O2.C10H13N3O2.H3N/c2*1-2-15-10(14)9(11)13-12-8-6-4-3-5-7-8;/h3-7,12H,2H2,1H3;3-7,12H,2H2,1H3,(H2,11,13);1H3/b13-9-;;. The van der Waals surface area contributed by atoms with Crippen LogP contribution in [0.3, 0.4) is 0 Å². The molecule has 0 aliphatic carbocycles. The maximum Gasteiger partial charge on any atom is 0.375 e. The van der Waals surface area contributed by atoms with Gasteiger partial charge < -0.3 is 21.4 Å². The number of carbonyl (C=O) groups is 2. The number of nitrogens with one attached hydrogen (secondary N) is 2. The molecule has 2 aromatic carbocycles. The lowest BCUT2D eigenvalue weighted by molar-refractivity contribution is -0.135. The number of benzene rings is 2. The van der Waals surface area contributed by atoms with Crippen molar-refractivity contribution in [2.24, 2.45) is 15.9 Å². The Morgan fingerprint density at radius 1 is 0.839 bits per heavy atom. The molecule has 0 amide bonds. The van der Waals surface area contributed by atoms with E-state index in [0.717, 1.165) is 11.4 Å². The minimum Gasteiger partial charge on any atom is -0.461 e. The predicted molar refractivity (Wildman–Crippen MR) is 123 cm³/mol. The molecule has 0 heterocycles. The quantitative estimate of drug-likeness (QED) is 0.216. The first-order valence-electron chi connectivity index (χ1n) is 9.00. The highest BCUT2D eigenvalue weighted by Crippen LogP contribution is 2.05. The zero-order valence-electron chi connectivity index (χ0n) is 17.4. The minimum atomic E-state index is -0.636. The smallest absolute Gasteiger partial charge is 0.375 e. The molecule has 7 N–H and O–H groups in total. The molecule has 2 aromatic rings. The van der Waals surface area contributed by atoms with Gasteiger partial charge in [-0.3, -0.25) is 10.9 Å². The second kappa shape index (κ2) is 16.2. The van der Waals surface area contributed by atoms with E-state index in [1.165, 1.54) is 0 Å². The monoisotopic (exact) mass is 450 g/mol. The maximum atomic E-state index is 11.0. The molecule has 0 saturated carbocycles. The fraction of sp³-hybridized carbons (Fsp3) is 0.200. The molecule has 10 nitrogen and oxygen atoms in total. The van der Waals surface area contributed by atoms with Gasteiger partial charge in [0.25, 0.3) is 0 Å². The number of nitrogens with two attached hydrogens (primary N) is 1. The number of nitrogens with zero attached hydrogens (tertiary/aromatic N) is 2. The second-order valence-corrected chi connectivity index (χ2v) is 5.65. The van der Waals surface area contributed by atoms with Crippen molar-refractivity contribution in [3.05, 3.63) is 60.7 Å². The lowest BCUT2D eigenvalue weighted by atomic mass is 10.3. The number of amidine groups is 1. The highest BCUT2D eigenvalue weighted by molar-refractivity contribution is 6.82. The molecule has 11 heteroatoms. The van der Waals surface area contributed by atoms with Crippen LogP contribution in [-0.2, 0) is 19.1 Å². The molecule has 0 unspecified atom stereocenters. The van der Waals surface area contributed by atoms with E-state index in [1.807, 2.05) is 48.5 Å². The van der Waals surface area contributed by atoms with E-state index in [4.69, 9.17) is 17.3 Å². The summed E-state index contributed by atoms with van der Waals surface area (Å²) in [6.07, 6.45) is 0. The first-order valence-corrected chi connectivity index (χ1v) is 9.38. The first kappa shape index (κ1) is 27.4. The number of carbonyl (C=O) groups excluding carboxylic acids is 2. The molecule has 0 fully saturated rings. The zero-order valence-corrected chi connectivity index (χ0v) is 18.1. The third kappa shape index (κ3) is 11.8. The van der Waals surface area contributed by atoms with Crippen LogP contribution in [0.25, 0.3) is 0 Å². The van der Waals surface area contributed by atoms with Gasteiger partial charge in [-0.05, 0) is 38.1 Å². The predicted octanol–water partition coefficient (Wildman–Crippen LogP) is 3.31. The van der Waals surface area contributed by atoms with Crippen molar-refractivity contribution in [2.45, 2.75) is 13.8 Å². The van der Waals surface area contributed by atoms with Crippen molar-refractivity contribution in [2.75, 3.05) is 24.1 Å². The summed E-state index contributed by atoms with van der Waals surface area (Å²) in [6, 6.07) is 18.4. The van der Waals surface area contributed by atoms with Gasteiger partial charge in [0.15, 0.2) is 0 Å². The van der Waals surface area contributed by atoms with Gasteiger partial charge in [-0.1, -0.05) is 48.0 Å². The molecule has 0 spiro atoms. The molecule has 0 aromatic heterocycles. The molecule has 0 saturated heterocycles. The normalized spacial score (nSPS) is 10.5. The Hall–Kier alpha value is -3.63. The molecule has 168 valence electrons. The van der Waals surface area contributed by atoms with Gasteiger partial charge in [-0.15, -0.1) is 5.10 Å². The summed E-state index contributed by atoms with van der Waals surface area (Å²) in [6.45, 7) is 3.96. The molecule has 0 bridgehead atoms. The van der Waals surface area contributed by atoms with E-state index < -0.39 is 11.9 Å². The van der Waals surface area contributed by atoms with Crippen molar-refractivity contribution >= 4 is 45.9 Å². The van der Waals surface area contributed by atoms with Crippen LogP contribution < -0.4 is 22.7 Å². The van der Waals surface area contributed by atoms with E-state index in [9.17, 15) is 9.59 Å². The van der Waals surface area contributed by atoms with Crippen LogP contribution in [0.2, 0.25) is 0 Å². The third-order valence-electron chi connectivity index (χ3n) is 3.06. The van der Waals surface area contributed by atoms with Crippen molar-refractivity contribution < 1.29 is 19.1 Å². The summed E-state index contributed by atoms with van der Waals surface area (Å²) in [5.41, 5.74) is 12.2. The van der Waals surface area contributed by atoms with E-state index in [2.05, 4.69) is 30.5 Å². The van der Waals surface area contributed by atoms with Gasteiger partial charge in [0.2, 0.25) is 11.0 Å². The summed E-state index contributed by atoms with van der Waals surface area (Å²) >= 11 is 5.57. The summed E-state index contributed by atoms with van der Waals surface area (Å²) in [5.74, 6) is -1.45. The van der Waals surface area contributed by atoms with Gasteiger partial charge in [0, 0.05) is 0 Å². The Kier molecular flexibility index (Phi) is 14.3. The fourth-order valence-electron chi connectivity index (χ4n) is 1.75.